The van der Waals surface area contributed by atoms with Gasteiger partial charge in [0.25, 0.3) is 0 Å². The van der Waals surface area contributed by atoms with Gasteiger partial charge in [0.1, 0.15) is 5.69 Å². The Bertz CT molecular complexity index is 521. The normalized spacial score (nSPS) is 10.5. The number of nitrogens with zero attached hydrogens (tertiary/aromatic N) is 1. The Labute approximate surface area is 105 Å². The fraction of sp³-hybridized carbons (Fsp3) is 0.273. The minimum absolute atomic E-state index is 0.0213. The van der Waals surface area contributed by atoms with Crippen molar-refractivity contribution in [2.45, 2.75) is 13.3 Å². The van der Waals surface area contributed by atoms with Crippen molar-refractivity contribution in [1.82, 2.24) is 0 Å². The number of para-hydroxylation sites is 1. The van der Waals surface area contributed by atoms with Crippen molar-refractivity contribution < 1.29 is 32.2 Å². The molecule has 0 unspecified atom stereocenters. The number of carbonyl (C=O) groups is 1. The second kappa shape index (κ2) is 6.01. The zero-order valence-electron chi connectivity index (χ0n) is 9.65. The van der Waals surface area contributed by atoms with E-state index in [1.165, 1.54) is 6.92 Å². The monoisotopic (exact) mass is 275 g/mol. The van der Waals surface area contributed by atoms with E-state index < -0.39 is 23.8 Å². The lowest BCUT2D eigenvalue weighted by Crippen LogP contribution is -2.17. The lowest BCUT2D eigenvalue weighted by molar-refractivity contribution is -0.274. The van der Waals surface area contributed by atoms with E-state index >= 15 is 0 Å². The second-order valence-corrected chi connectivity index (χ2v) is 3.12. The fourth-order valence-electron chi connectivity index (χ4n) is 1.26. The van der Waals surface area contributed by atoms with Gasteiger partial charge in [-0.05, 0) is 19.1 Å². The van der Waals surface area contributed by atoms with E-state index in [2.05, 4.69) is 14.5 Å². The summed E-state index contributed by atoms with van der Waals surface area (Å²) in [6, 6.07) is 3.24. The third-order valence-corrected chi connectivity index (χ3v) is 1.88. The van der Waals surface area contributed by atoms with Crippen LogP contribution in [0.3, 0.4) is 0 Å². The highest BCUT2D eigenvalue weighted by Gasteiger charge is 2.33. The smallest absolute Gasteiger partial charge is 0.462 e. The zero-order chi connectivity index (χ0) is 14.5. The summed E-state index contributed by atoms with van der Waals surface area (Å²) in [5.41, 5.74) is -0.889. The zero-order valence-corrected chi connectivity index (χ0v) is 9.65. The molecule has 0 heterocycles. The van der Waals surface area contributed by atoms with Crippen LogP contribution in [0.1, 0.15) is 17.3 Å². The van der Waals surface area contributed by atoms with Gasteiger partial charge in [-0.15, -0.1) is 13.2 Å². The lowest BCUT2D eigenvalue weighted by Gasteiger charge is -2.12. The van der Waals surface area contributed by atoms with Gasteiger partial charge in [-0.3, -0.25) is 0 Å². The number of ether oxygens (including phenoxy) is 2. The number of carbonyl (C=O) groups excluding carboxylic acids is 2. The predicted molar refractivity (Wildman–Crippen MR) is 56.9 cm³/mol. The highest BCUT2D eigenvalue weighted by molar-refractivity contribution is 5.96. The molecule has 0 spiro atoms. The molecule has 0 saturated carbocycles. The van der Waals surface area contributed by atoms with Gasteiger partial charge in [0, 0.05) is 0 Å². The average Bonchev–Trinajstić information content (AvgIpc) is 2.30. The first-order valence-electron chi connectivity index (χ1n) is 5.02. The lowest BCUT2D eigenvalue weighted by atomic mass is 10.1. The van der Waals surface area contributed by atoms with Gasteiger partial charge in [0.15, 0.2) is 5.75 Å². The third kappa shape index (κ3) is 4.11. The van der Waals surface area contributed by atoms with Crippen molar-refractivity contribution in [3.63, 3.8) is 0 Å². The number of hydrogen-bond acceptors (Lipinski definition) is 5. The maximum atomic E-state index is 12.2. The molecule has 19 heavy (non-hydrogen) atoms. The molecule has 0 amide bonds. The quantitative estimate of drug-likeness (QED) is 0.481. The molecular formula is C11H8F3NO4. The molecule has 102 valence electrons. The molecule has 8 heteroatoms. The van der Waals surface area contributed by atoms with E-state index in [4.69, 9.17) is 0 Å². The molecule has 1 aromatic rings. The van der Waals surface area contributed by atoms with Crippen molar-refractivity contribution in [2.24, 2.45) is 4.99 Å². The van der Waals surface area contributed by atoms with E-state index in [9.17, 15) is 22.8 Å². The molecule has 0 aromatic heterocycles. The van der Waals surface area contributed by atoms with Crippen LogP contribution in [0.25, 0.3) is 0 Å². The highest BCUT2D eigenvalue weighted by atomic mass is 19.4. The van der Waals surface area contributed by atoms with Crippen LogP contribution in [-0.4, -0.2) is 25.0 Å². The first kappa shape index (κ1) is 14.7. The van der Waals surface area contributed by atoms with Gasteiger partial charge >= 0.3 is 12.3 Å². The van der Waals surface area contributed by atoms with Crippen molar-refractivity contribution >= 4 is 17.7 Å². The average molecular weight is 275 g/mol. The van der Waals surface area contributed by atoms with Gasteiger partial charge in [0.05, 0.1) is 12.2 Å². The third-order valence-electron chi connectivity index (χ3n) is 1.88. The number of halogens is 3. The molecule has 5 nitrogen and oxygen atoms in total. The molecule has 0 bridgehead atoms. The summed E-state index contributed by atoms with van der Waals surface area (Å²) >= 11 is 0. The minimum atomic E-state index is -4.97. The van der Waals surface area contributed by atoms with Crippen LogP contribution in [-0.2, 0) is 9.53 Å². The SMILES string of the molecule is CCOC(=O)c1cccc(OC(F)(F)F)c1N=C=O. The van der Waals surface area contributed by atoms with E-state index in [1.807, 2.05) is 0 Å². The summed E-state index contributed by atoms with van der Waals surface area (Å²) in [6.45, 7) is 1.55. The molecular weight excluding hydrogens is 267 g/mol. The molecule has 0 fully saturated rings. The van der Waals surface area contributed by atoms with Crippen molar-refractivity contribution in [1.29, 1.82) is 0 Å². The molecule has 0 aliphatic carbocycles. The van der Waals surface area contributed by atoms with Crippen molar-refractivity contribution in [3.8, 4) is 5.75 Å². The maximum absolute atomic E-state index is 12.2. The molecule has 0 radical (unpaired) electrons. The van der Waals surface area contributed by atoms with Gasteiger partial charge in [-0.2, -0.15) is 4.99 Å². The molecule has 0 saturated heterocycles. The summed E-state index contributed by atoms with van der Waals surface area (Å²) in [5, 5.41) is 0. The largest absolute Gasteiger partial charge is 0.573 e. The Morgan fingerprint density at radius 3 is 2.63 bits per heavy atom. The summed E-state index contributed by atoms with van der Waals surface area (Å²) in [5.74, 6) is -1.69. The topological polar surface area (TPSA) is 65.0 Å². The number of alkyl halides is 3. The number of aliphatic imine (C=N–C) groups is 1. The minimum Gasteiger partial charge on any atom is -0.462 e. The number of isocyanates is 1. The van der Waals surface area contributed by atoms with E-state index in [0.717, 1.165) is 24.3 Å². The van der Waals surface area contributed by atoms with E-state index in [-0.39, 0.29) is 12.2 Å². The van der Waals surface area contributed by atoms with Gasteiger partial charge in [0.2, 0.25) is 6.08 Å². The summed E-state index contributed by atoms with van der Waals surface area (Å²) in [7, 11) is 0. The Balaban J connectivity index is 3.29. The van der Waals surface area contributed by atoms with Crippen LogP contribution in [0.2, 0.25) is 0 Å². The molecule has 0 aliphatic heterocycles. The number of hydrogen-bond donors (Lipinski definition) is 0. The summed E-state index contributed by atoms with van der Waals surface area (Å²) in [4.78, 5) is 24.8. The second-order valence-electron chi connectivity index (χ2n) is 3.12. The van der Waals surface area contributed by atoms with Crippen molar-refractivity contribution in [2.75, 3.05) is 6.61 Å². The fourth-order valence-corrected chi connectivity index (χ4v) is 1.26. The van der Waals surface area contributed by atoms with Crippen molar-refractivity contribution in [3.05, 3.63) is 23.8 Å². The molecule has 0 N–H and O–H groups in total. The Kier molecular flexibility index (Phi) is 4.66. The Hall–Kier alpha value is -2.34. The number of esters is 1. The molecule has 1 rings (SSSR count). The first-order chi connectivity index (χ1) is 8.89. The van der Waals surface area contributed by atoms with Crippen LogP contribution in [0, 0.1) is 0 Å². The molecule has 0 atom stereocenters. The van der Waals surface area contributed by atoms with Crippen LogP contribution >= 0.6 is 0 Å². The van der Waals surface area contributed by atoms with Crippen LogP contribution < -0.4 is 4.74 Å². The Morgan fingerprint density at radius 1 is 1.42 bits per heavy atom. The molecule has 1 aromatic carbocycles. The number of rotatable bonds is 4. The van der Waals surface area contributed by atoms with E-state index in [1.54, 1.807) is 0 Å². The summed E-state index contributed by atoms with van der Waals surface area (Å²) < 4.78 is 44.8. The van der Waals surface area contributed by atoms with Gasteiger partial charge in [-0.25, -0.2) is 9.59 Å². The standard InChI is InChI=1S/C11H8F3NO4/c1-2-18-10(17)7-4-3-5-8(9(7)15-6-16)19-11(12,13)14/h3-5H,2H2,1H3. The van der Waals surface area contributed by atoms with Gasteiger partial charge in [-0.1, -0.05) is 6.07 Å². The Morgan fingerprint density at radius 2 is 2.11 bits per heavy atom. The maximum Gasteiger partial charge on any atom is 0.573 e. The van der Waals surface area contributed by atoms with Crippen LogP contribution in [0.5, 0.6) is 5.75 Å². The molecule has 0 aliphatic rings. The van der Waals surface area contributed by atoms with E-state index in [0.29, 0.717) is 0 Å². The highest BCUT2D eigenvalue weighted by Crippen LogP contribution is 2.35. The number of benzene rings is 1. The predicted octanol–water partition coefficient (Wildman–Crippen LogP) is 2.73. The van der Waals surface area contributed by atoms with Crippen LogP contribution in [0.15, 0.2) is 23.2 Å². The van der Waals surface area contributed by atoms with Crippen LogP contribution in [0.4, 0.5) is 18.9 Å². The first-order valence-corrected chi connectivity index (χ1v) is 5.02. The van der Waals surface area contributed by atoms with Gasteiger partial charge < -0.3 is 9.47 Å². The summed E-state index contributed by atoms with van der Waals surface area (Å²) in [6.07, 6.45) is -3.90.